The van der Waals surface area contributed by atoms with Crippen LogP contribution in [0.25, 0.3) is 0 Å². The number of methoxy groups -OCH3 is 1. The molecule has 0 saturated carbocycles. The second-order valence-electron chi connectivity index (χ2n) is 9.90. The summed E-state index contributed by atoms with van der Waals surface area (Å²) in [5.41, 5.74) is 0.827. The number of non-ortho nitro benzene ring substituents is 1. The Kier molecular flexibility index (Phi) is 10.9. The number of sulfonamides is 1. The number of benzene rings is 3. The summed E-state index contributed by atoms with van der Waals surface area (Å²) in [6, 6.07) is 18.1. The smallest absolute Gasteiger partial charge is 0.271 e. The Bertz CT molecular complexity index is 1530. The van der Waals surface area contributed by atoms with Crippen LogP contribution in [0.15, 0.2) is 72.8 Å². The number of hydrogen-bond acceptors (Lipinski definition) is 7. The molecule has 3 aromatic carbocycles. The number of carbonyl (C=O) groups excluding carboxylic acids is 2. The fraction of sp³-hybridized carbons (Fsp3) is 0.310. The Hall–Kier alpha value is -4.16. The summed E-state index contributed by atoms with van der Waals surface area (Å²) in [7, 11) is -2.88. The number of ether oxygens (including phenoxy) is 1. The van der Waals surface area contributed by atoms with Crippen LogP contribution >= 0.6 is 11.6 Å². The number of hydrogen-bond donors (Lipinski definition) is 1. The van der Waals surface area contributed by atoms with Gasteiger partial charge in [-0.15, -0.1) is 0 Å². The molecule has 0 fully saturated rings. The van der Waals surface area contributed by atoms with Gasteiger partial charge in [-0.2, -0.15) is 0 Å². The quantitative estimate of drug-likeness (QED) is 0.224. The van der Waals surface area contributed by atoms with Gasteiger partial charge in [0.1, 0.15) is 24.0 Å². The van der Waals surface area contributed by atoms with Crippen molar-refractivity contribution in [1.29, 1.82) is 0 Å². The highest BCUT2D eigenvalue weighted by molar-refractivity contribution is 7.92. The minimum absolute atomic E-state index is 0.0126. The Morgan fingerprint density at radius 2 is 1.69 bits per heavy atom. The topological polar surface area (TPSA) is 139 Å². The van der Waals surface area contributed by atoms with Gasteiger partial charge in [-0.3, -0.25) is 24.0 Å². The van der Waals surface area contributed by atoms with Gasteiger partial charge in [0, 0.05) is 36.2 Å². The van der Waals surface area contributed by atoms with E-state index in [1.54, 1.807) is 38.1 Å². The van der Waals surface area contributed by atoms with E-state index in [1.807, 2.05) is 30.3 Å². The van der Waals surface area contributed by atoms with Crippen molar-refractivity contribution in [3.8, 4) is 5.75 Å². The van der Waals surface area contributed by atoms with Gasteiger partial charge in [0.15, 0.2) is 0 Å². The van der Waals surface area contributed by atoms with Gasteiger partial charge in [-0.25, -0.2) is 8.42 Å². The largest absolute Gasteiger partial charge is 0.495 e. The lowest BCUT2D eigenvalue weighted by Gasteiger charge is -2.34. The van der Waals surface area contributed by atoms with Crippen molar-refractivity contribution < 1.29 is 27.7 Å². The first-order valence-electron chi connectivity index (χ1n) is 13.0. The van der Waals surface area contributed by atoms with Crippen molar-refractivity contribution in [2.75, 3.05) is 24.2 Å². The molecule has 0 aliphatic rings. The molecule has 0 aromatic heterocycles. The molecule has 0 aliphatic heterocycles. The summed E-state index contributed by atoms with van der Waals surface area (Å²) < 4.78 is 32.1. The summed E-state index contributed by atoms with van der Waals surface area (Å²) in [4.78, 5) is 39.8. The molecule has 0 bridgehead atoms. The number of anilines is 1. The number of nitrogens with one attached hydrogen (secondary N) is 1. The van der Waals surface area contributed by atoms with Crippen LogP contribution in [0.1, 0.15) is 25.0 Å². The Morgan fingerprint density at radius 1 is 1.02 bits per heavy atom. The fourth-order valence-electron chi connectivity index (χ4n) is 4.35. The summed E-state index contributed by atoms with van der Waals surface area (Å²) >= 11 is 6.21. The van der Waals surface area contributed by atoms with E-state index in [0.717, 1.165) is 22.2 Å². The zero-order valence-electron chi connectivity index (χ0n) is 23.7. The molecular weight excluding hydrogens is 584 g/mol. The zero-order valence-corrected chi connectivity index (χ0v) is 25.3. The highest BCUT2D eigenvalue weighted by Gasteiger charge is 2.34. The molecule has 224 valence electrons. The molecule has 0 heterocycles. The normalized spacial score (nSPS) is 12.0. The van der Waals surface area contributed by atoms with Gasteiger partial charge < -0.3 is 15.0 Å². The van der Waals surface area contributed by atoms with E-state index >= 15 is 0 Å². The van der Waals surface area contributed by atoms with E-state index in [-0.39, 0.29) is 36.1 Å². The molecule has 0 saturated heterocycles. The summed E-state index contributed by atoms with van der Waals surface area (Å²) in [5.74, 6) is -1.13. The molecule has 42 heavy (non-hydrogen) atoms. The van der Waals surface area contributed by atoms with Crippen molar-refractivity contribution in [1.82, 2.24) is 10.2 Å². The van der Waals surface area contributed by atoms with Crippen LogP contribution in [0.4, 0.5) is 11.4 Å². The first-order valence-corrected chi connectivity index (χ1v) is 15.2. The van der Waals surface area contributed by atoms with E-state index in [2.05, 4.69) is 5.32 Å². The molecule has 3 aromatic rings. The van der Waals surface area contributed by atoms with Crippen LogP contribution in [0.5, 0.6) is 5.75 Å². The first kappa shape index (κ1) is 32.4. The Labute approximate surface area is 250 Å². The SMILES string of the molecule is COc1ccc([N+](=O)[O-])cc1N(CC(=O)N(Cc1cccc(Cl)c1)[C@H](Cc1ccccc1)C(=O)NC(C)C)S(C)(=O)=O. The van der Waals surface area contributed by atoms with E-state index in [0.29, 0.717) is 10.6 Å². The molecule has 0 spiro atoms. The standard InChI is InChI=1S/C29H33ClN4O7S/c1-20(2)31-29(36)26(16-21-9-6-5-7-10-21)32(18-22-11-8-12-23(30)15-22)28(35)19-33(42(4,39)40)25-17-24(34(37)38)13-14-27(25)41-3/h5-15,17,20,26H,16,18-19H2,1-4H3,(H,31,36)/t26-/m1/s1. The minimum Gasteiger partial charge on any atom is -0.495 e. The number of carbonyl (C=O) groups is 2. The van der Waals surface area contributed by atoms with Crippen LogP contribution in [-0.4, -0.2) is 62.0 Å². The highest BCUT2D eigenvalue weighted by Crippen LogP contribution is 2.34. The third-order valence-corrected chi connectivity index (χ3v) is 7.63. The van der Waals surface area contributed by atoms with Gasteiger partial charge in [-0.05, 0) is 43.2 Å². The molecule has 1 atom stereocenters. The monoisotopic (exact) mass is 616 g/mol. The fourth-order valence-corrected chi connectivity index (χ4v) is 5.41. The van der Waals surface area contributed by atoms with E-state index in [1.165, 1.54) is 24.1 Å². The van der Waals surface area contributed by atoms with Crippen LogP contribution in [-0.2, 0) is 32.6 Å². The van der Waals surface area contributed by atoms with E-state index < -0.39 is 39.3 Å². The maximum absolute atomic E-state index is 14.1. The summed E-state index contributed by atoms with van der Waals surface area (Å²) in [6.07, 6.45) is 1.03. The third kappa shape index (κ3) is 8.67. The summed E-state index contributed by atoms with van der Waals surface area (Å²) in [5, 5.41) is 14.8. The predicted octanol–water partition coefficient (Wildman–Crippen LogP) is 4.19. The van der Waals surface area contributed by atoms with Gasteiger partial charge >= 0.3 is 0 Å². The van der Waals surface area contributed by atoms with Crippen LogP contribution in [0.3, 0.4) is 0 Å². The van der Waals surface area contributed by atoms with Crippen LogP contribution in [0.2, 0.25) is 5.02 Å². The number of nitro groups is 1. The second-order valence-corrected chi connectivity index (χ2v) is 12.2. The summed E-state index contributed by atoms with van der Waals surface area (Å²) in [6.45, 7) is 2.77. The van der Waals surface area contributed by atoms with Crippen molar-refractivity contribution in [3.63, 3.8) is 0 Å². The van der Waals surface area contributed by atoms with E-state index in [4.69, 9.17) is 16.3 Å². The zero-order chi connectivity index (χ0) is 31.0. The molecule has 2 amide bonds. The molecule has 0 unspecified atom stereocenters. The van der Waals surface area contributed by atoms with Crippen molar-refractivity contribution in [3.05, 3.63) is 99.1 Å². The molecule has 0 radical (unpaired) electrons. The molecule has 0 aliphatic carbocycles. The maximum Gasteiger partial charge on any atom is 0.271 e. The number of amides is 2. The van der Waals surface area contributed by atoms with E-state index in [9.17, 15) is 28.1 Å². The predicted molar refractivity (Wildman–Crippen MR) is 161 cm³/mol. The average Bonchev–Trinajstić information content (AvgIpc) is 2.92. The minimum atomic E-state index is -4.16. The number of rotatable bonds is 13. The third-order valence-electron chi connectivity index (χ3n) is 6.27. The van der Waals surface area contributed by atoms with Crippen molar-refractivity contribution in [2.24, 2.45) is 0 Å². The highest BCUT2D eigenvalue weighted by atomic mass is 35.5. The molecule has 1 N–H and O–H groups in total. The first-order chi connectivity index (χ1) is 19.8. The van der Waals surface area contributed by atoms with Crippen molar-refractivity contribution in [2.45, 2.75) is 38.9 Å². The number of halogens is 1. The van der Waals surface area contributed by atoms with Gasteiger partial charge in [0.25, 0.3) is 5.69 Å². The van der Waals surface area contributed by atoms with Gasteiger partial charge in [-0.1, -0.05) is 54.1 Å². The van der Waals surface area contributed by atoms with Crippen molar-refractivity contribution >= 4 is 44.8 Å². The number of nitrogens with zero attached hydrogens (tertiary/aromatic N) is 3. The Balaban J connectivity index is 2.13. The molecule has 13 heteroatoms. The molecule has 11 nitrogen and oxygen atoms in total. The van der Waals surface area contributed by atoms with Crippen LogP contribution < -0.4 is 14.4 Å². The lowest BCUT2D eigenvalue weighted by molar-refractivity contribution is -0.384. The molecule has 3 rings (SSSR count). The Morgan fingerprint density at radius 3 is 2.26 bits per heavy atom. The number of nitro benzene ring substituents is 1. The van der Waals surface area contributed by atoms with Gasteiger partial charge in [0.05, 0.1) is 18.3 Å². The van der Waals surface area contributed by atoms with Gasteiger partial charge in [0.2, 0.25) is 21.8 Å². The van der Waals surface area contributed by atoms with Crippen LogP contribution in [0, 0.1) is 10.1 Å². The lowest BCUT2D eigenvalue weighted by Crippen LogP contribution is -2.54. The average molecular weight is 617 g/mol. The second kappa shape index (κ2) is 14.1. The molecular formula is C29H33ClN4O7S. The lowest BCUT2D eigenvalue weighted by atomic mass is 10.0. The maximum atomic E-state index is 14.1.